The van der Waals surface area contributed by atoms with E-state index in [1.54, 1.807) is 0 Å². The Labute approximate surface area is 101 Å². The summed E-state index contributed by atoms with van der Waals surface area (Å²) in [5.41, 5.74) is 0.108. The molecule has 0 aromatic rings. The summed E-state index contributed by atoms with van der Waals surface area (Å²) < 4.78 is 6.18. The monoisotopic (exact) mass is 227 g/mol. The Kier molecular flexibility index (Phi) is 5.77. The normalized spacial score (nSPS) is 32.6. The highest BCUT2D eigenvalue weighted by atomic mass is 16.5. The van der Waals surface area contributed by atoms with E-state index in [1.807, 2.05) is 0 Å². The van der Waals surface area contributed by atoms with Crippen LogP contribution in [-0.2, 0) is 4.74 Å². The van der Waals surface area contributed by atoms with Crippen molar-refractivity contribution in [1.29, 1.82) is 0 Å². The molecule has 1 aliphatic carbocycles. The van der Waals surface area contributed by atoms with Gasteiger partial charge in [-0.1, -0.05) is 33.1 Å². The van der Waals surface area contributed by atoms with Crippen molar-refractivity contribution in [3.63, 3.8) is 0 Å². The van der Waals surface area contributed by atoms with Crippen molar-refractivity contribution in [2.45, 2.75) is 70.9 Å². The number of hydrogen-bond donors (Lipinski definition) is 1. The van der Waals surface area contributed by atoms with Crippen LogP contribution in [0.5, 0.6) is 0 Å². The topological polar surface area (TPSA) is 21.3 Å². The molecule has 16 heavy (non-hydrogen) atoms. The van der Waals surface area contributed by atoms with Gasteiger partial charge in [0.15, 0.2) is 0 Å². The van der Waals surface area contributed by atoms with Crippen molar-refractivity contribution < 1.29 is 4.74 Å². The van der Waals surface area contributed by atoms with Crippen molar-refractivity contribution in [3.05, 3.63) is 0 Å². The van der Waals surface area contributed by atoms with E-state index in [0.717, 1.165) is 12.5 Å². The highest BCUT2D eigenvalue weighted by Gasteiger charge is 2.41. The fourth-order valence-electron chi connectivity index (χ4n) is 3.34. The number of rotatable bonds is 6. The molecule has 0 heterocycles. The van der Waals surface area contributed by atoms with Gasteiger partial charge < -0.3 is 10.1 Å². The van der Waals surface area contributed by atoms with Crippen LogP contribution in [0.3, 0.4) is 0 Å². The molecule has 0 aliphatic heterocycles. The van der Waals surface area contributed by atoms with E-state index in [-0.39, 0.29) is 5.60 Å². The number of hydrogen-bond acceptors (Lipinski definition) is 2. The summed E-state index contributed by atoms with van der Waals surface area (Å²) >= 11 is 0. The number of nitrogens with one attached hydrogen (secondary N) is 1. The fraction of sp³-hybridized carbons (Fsp3) is 1.00. The average Bonchev–Trinajstić information content (AvgIpc) is 2.26. The molecule has 0 aromatic heterocycles. The second-order valence-electron chi connectivity index (χ2n) is 5.33. The third-order valence-electron chi connectivity index (χ3n) is 3.98. The third-order valence-corrected chi connectivity index (χ3v) is 3.98. The van der Waals surface area contributed by atoms with E-state index >= 15 is 0 Å². The van der Waals surface area contributed by atoms with Crippen LogP contribution >= 0.6 is 0 Å². The lowest BCUT2D eigenvalue weighted by molar-refractivity contribution is -0.100. The lowest BCUT2D eigenvalue weighted by Gasteiger charge is -2.45. The quantitative estimate of drug-likeness (QED) is 0.751. The summed E-state index contributed by atoms with van der Waals surface area (Å²) in [7, 11) is 2.08. The summed E-state index contributed by atoms with van der Waals surface area (Å²) in [6, 6.07) is 0.528. The van der Waals surface area contributed by atoms with Gasteiger partial charge in [0.1, 0.15) is 0 Å². The minimum atomic E-state index is 0.108. The molecule has 3 unspecified atom stereocenters. The molecule has 0 radical (unpaired) electrons. The van der Waals surface area contributed by atoms with E-state index < -0.39 is 0 Å². The van der Waals surface area contributed by atoms with Crippen LogP contribution in [0, 0.1) is 5.92 Å². The van der Waals surface area contributed by atoms with E-state index in [4.69, 9.17) is 4.74 Å². The smallest absolute Gasteiger partial charge is 0.0837 e. The van der Waals surface area contributed by atoms with Crippen LogP contribution in [0.1, 0.15) is 59.3 Å². The summed E-state index contributed by atoms with van der Waals surface area (Å²) in [5, 5.41) is 3.49. The first-order chi connectivity index (χ1) is 7.68. The molecule has 0 aromatic carbocycles. The first kappa shape index (κ1) is 14.0. The molecule has 96 valence electrons. The zero-order chi connectivity index (χ0) is 12.0. The van der Waals surface area contributed by atoms with E-state index in [1.165, 1.54) is 38.5 Å². The Hall–Kier alpha value is -0.0800. The molecule has 3 atom stereocenters. The molecular formula is C14H29NO. The average molecular weight is 227 g/mol. The Morgan fingerprint density at radius 2 is 2.19 bits per heavy atom. The Morgan fingerprint density at radius 3 is 2.69 bits per heavy atom. The third kappa shape index (κ3) is 3.21. The summed E-state index contributed by atoms with van der Waals surface area (Å²) in [6.45, 7) is 7.59. The van der Waals surface area contributed by atoms with Crippen LogP contribution in [0.4, 0.5) is 0 Å². The molecule has 0 amide bonds. The van der Waals surface area contributed by atoms with Gasteiger partial charge >= 0.3 is 0 Å². The molecule has 2 nitrogen and oxygen atoms in total. The molecular weight excluding hydrogens is 198 g/mol. The maximum absolute atomic E-state index is 6.18. The van der Waals surface area contributed by atoms with Gasteiger partial charge in [-0.3, -0.25) is 0 Å². The predicted molar refractivity (Wildman–Crippen MR) is 69.7 cm³/mol. The second kappa shape index (κ2) is 6.61. The molecule has 0 bridgehead atoms. The van der Waals surface area contributed by atoms with E-state index in [0.29, 0.717) is 6.04 Å². The maximum atomic E-state index is 6.18. The molecule has 0 saturated heterocycles. The highest BCUT2D eigenvalue weighted by molar-refractivity contribution is 4.96. The number of ether oxygens (including phenoxy) is 1. The summed E-state index contributed by atoms with van der Waals surface area (Å²) in [4.78, 5) is 0. The van der Waals surface area contributed by atoms with Gasteiger partial charge in [0.2, 0.25) is 0 Å². The molecule has 1 saturated carbocycles. The zero-order valence-corrected chi connectivity index (χ0v) is 11.5. The molecule has 0 spiro atoms. The SMILES string of the molecule is CCCC(NC)C1(OCC)CCCC(C)C1. The molecule has 1 N–H and O–H groups in total. The van der Waals surface area contributed by atoms with Crippen LogP contribution in [-0.4, -0.2) is 25.3 Å². The largest absolute Gasteiger partial charge is 0.374 e. The summed E-state index contributed by atoms with van der Waals surface area (Å²) in [5.74, 6) is 0.813. The van der Waals surface area contributed by atoms with Gasteiger partial charge in [-0.05, 0) is 39.2 Å². The second-order valence-corrected chi connectivity index (χ2v) is 5.33. The van der Waals surface area contributed by atoms with Crippen molar-refractivity contribution in [3.8, 4) is 0 Å². The fourth-order valence-corrected chi connectivity index (χ4v) is 3.34. The zero-order valence-electron chi connectivity index (χ0n) is 11.5. The van der Waals surface area contributed by atoms with Crippen molar-refractivity contribution in [1.82, 2.24) is 5.32 Å². The van der Waals surface area contributed by atoms with Gasteiger partial charge in [0, 0.05) is 12.6 Å². The highest BCUT2D eigenvalue weighted by Crippen LogP contribution is 2.38. The molecule has 2 heteroatoms. The lowest BCUT2D eigenvalue weighted by atomic mass is 9.73. The maximum Gasteiger partial charge on any atom is 0.0837 e. The van der Waals surface area contributed by atoms with Gasteiger partial charge in [0.25, 0.3) is 0 Å². The van der Waals surface area contributed by atoms with E-state index in [2.05, 4.69) is 33.1 Å². The van der Waals surface area contributed by atoms with Crippen LogP contribution in [0.15, 0.2) is 0 Å². The van der Waals surface area contributed by atoms with Gasteiger partial charge in [0.05, 0.1) is 5.60 Å². The minimum Gasteiger partial charge on any atom is -0.374 e. The predicted octanol–water partition coefficient (Wildman–Crippen LogP) is 3.36. The van der Waals surface area contributed by atoms with Crippen molar-refractivity contribution >= 4 is 0 Å². The standard InChI is InChI=1S/C14H29NO/c1-5-8-13(15-4)14(16-6-2)10-7-9-12(3)11-14/h12-13,15H,5-11H2,1-4H3. The van der Waals surface area contributed by atoms with Gasteiger partial charge in [-0.15, -0.1) is 0 Å². The lowest BCUT2D eigenvalue weighted by Crippen LogP contribution is -2.53. The Bertz CT molecular complexity index is 191. The molecule has 1 fully saturated rings. The van der Waals surface area contributed by atoms with Gasteiger partial charge in [-0.25, -0.2) is 0 Å². The number of likely N-dealkylation sites (N-methyl/N-ethyl adjacent to an activating group) is 1. The minimum absolute atomic E-state index is 0.108. The van der Waals surface area contributed by atoms with Crippen LogP contribution < -0.4 is 5.32 Å². The van der Waals surface area contributed by atoms with Crippen LogP contribution in [0.25, 0.3) is 0 Å². The first-order valence-electron chi connectivity index (χ1n) is 6.99. The summed E-state index contributed by atoms with van der Waals surface area (Å²) in [6.07, 6.45) is 7.61. The molecule has 1 rings (SSSR count). The van der Waals surface area contributed by atoms with Crippen molar-refractivity contribution in [2.75, 3.05) is 13.7 Å². The Balaban J connectivity index is 2.75. The molecule has 1 aliphatic rings. The first-order valence-corrected chi connectivity index (χ1v) is 6.99. The van der Waals surface area contributed by atoms with Crippen molar-refractivity contribution in [2.24, 2.45) is 5.92 Å². The van der Waals surface area contributed by atoms with E-state index in [9.17, 15) is 0 Å². The Morgan fingerprint density at radius 1 is 1.44 bits per heavy atom. The van der Waals surface area contributed by atoms with Gasteiger partial charge in [-0.2, -0.15) is 0 Å². The van der Waals surface area contributed by atoms with Crippen LogP contribution in [0.2, 0.25) is 0 Å².